The second-order valence-corrected chi connectivity index (χ2v) is 9.86. The highest BCUT2D eigenvalue weighted by molar-refractivity contribution is 7.92. The van der Waals surface area contributed by atoms with E-state index in [0.717, 1.165) is 21.9 Å². The van der Waals surface area contributed by atoms with Gasteiger partial charge in [0.05, 0.1) is 23.4 Å². The number of hydrogen-bond donors (Lipinski definition) is 3. The highest BCUT2D eigenvalue weighted by atomic mass is 32.2. The molecule has 0 unspecified atom stereocenters. The van der Waals surface area contributed by atoms with E-state index in [0.29, 0.717) is 11.4 Å². The molecule has 0 aliphatic heterocycles. The van der Waals surface area contributed by atoms with E-state index in [1.54, 1.807) is 55.5 Å². The zero-order chi connectivity index (χ0) is 26.7. The molecule has 10 nitrogen and oxygen atoms in total. The van der Waals surface area contributed by atoms with Crippen LogP contribution in [0.15, 0.2) is 86.2 Å². The van der Waals surface area contributed by atoms with E-state index in [2.05, 4.69) is 14.7 Å². The van der Waals surface area contributed by atoms with Crippen molar-refractivity contribution in [1.82, 2.24) is 9.55 Å². The summed E-state index contributed by atoms with van der Waals surface area (Å²) in [5, 5.41) is 10.7. The fourth-order valence-electron chi connectivity index (χ4n) is 3.55. The molecule has 11 heteroatoms. The van der Waals surface area contributed by atoms with Gasteiger partial charge in [0.15, 0.2) is 0 Å². The third-order valence-corrected chi connectivity index (χ3v) is 6.96. The van der Waals surface area contributed by atoms with Crippen molar-refractivity contribution in [2.75, 3.05) is 11.8 Å². The molecule has 0 aliphatic rings. The minimum absolute atomic E-state index is 0.0554. The highest BCUT2D eigenvalue weighted by Crippen LogP contribution is 2.31. The number of para-hydroxylation sites is 1. The first-order chi connectivity index (χ1) is 17.6. The number of rotatable bonds is 7. The number of methoxy groups -OCH3 is 1. The Balaban J connectivity index is 1.70. The van der Waals surface area contributed by atoms with Crippen LogP contribution in [0.5, 0.6) is 11.6 Å². The van der Waals surface area contributed by atoms with Crippen molar-refractivity contribution in [2.45, 2.75) is 18.7 Å². The van der Waals surface area contributed by atoms with Crippen molar-refractivity contribution in [3.05, 3.63) is 104 Å². The zero-order valence-electron chi connectivity index (χ0n) is 20.2. The Labute approximate surface area is 212 Å². The average molecular weight is 521 g/mol. The van der Waals surface area contributed by atoms with Crippen LogP contribution in [-0.4, -0.2) is 36.4 Å². The second-order valence-electron chi connectivity index (χ2n) is 8.18. The molecule has 4 aromatic rings. The Hall–Kier alpha value is -4.64. The Morgan fingerprint density at radius 3 is 2.41 bits per heavy atom. The minimum atomic E-state index is -3.92. The third kappa shape index (κ3) is 5.31. The molecule has 0 bridgehead atoms. The molecule has 0 saturated carbocycles. The van der Waals surface area contributed by atoms with Crippen molar-refractivity contribution < 1.29 is 18.3 Å². The Morgan fingerprint density at radius 2 is 1.73 bits per heavy atom. The van der Waals surface area contributed by atoms with Crippen LogP contribution in [0.25, 0.3) is 5.69 Å². The van der Waals surface area contributed by atoms with Gasteiger partial charge in [0.25, 0.3) is 15.6 Å². The number of aromatic hydroxyl groups is 1. The van der Waals surface area contributed by atoms with Gasteiger partial charge in [-0.2, -0.15) is 0 Å². The topological polar surface area (TPSA) is 143 Å². The van der Waals surface area contributed by atoms with Gasteiger partial charge in [-0.1, -0.05) is 35.9 Å². The Bertz CT molecular complexity index is 1720. The molecule has 0 saturated heterocycles. The summed E-state index contributed by atoms with van der Waals surface area (Å²) < 4.78 is 34.6. The lowest BCUT2D eigenvalue weighted by molar-refractivity contribution is 0.415. The minimum Gasteiger partial charge on any atom is -0.494 e. The van der Waals surface area contributed by atoms with Gasteiger partial charge >= 0.3 is 5.69 Å². The number of anilines is 1. The molecule has 4 rings (SSSR count). The predicted octanol–water partition coefficient (Wildman–Crippen LogP) is 3.41. The number of nitrogens with zero attached hydrogens (tertiary/aromatic N) is 2. The molecule has 0 amide bonds. The maximum absolute atomic E-state index is 12.9. The van der Waals surface area contributed by atoms with Gasteiger partial charge in [-0.25, -0.2) is 17.8 Å². The van der Waals surface area contributed by atoms with E-state index >= 15 is 0 Å². The lowest BCUT2D eigenvalue weighted by Gasteiger charge is -2.12. The second kappa shape index (κ2) is 10.2. The number of H-pyrrole nitrogens is 1. The molecule has 0 spiro atoms. The molecule has 3 N–H and O–H groups in total. The molecule has 1 heterocycles. The predicted molar refractivity (Wildman–Crippen MR) is 141 cm³/mol. The number of hydrogen-bond acceptors (Lipinski definition) is 7. The smallest absolute Gasteiger partial charge is 0.335 e. The zero-order valence-corrected chi connectivity index (χ0v) is 21.0. The van der Waals surface area contributed by atoms with E-state index < -0.39 is 27.2 Å². The molecule has 37 heavy (non-hydrogen) atoms. The Morgan fingerprint density at radius 1 is 1.03 bits per heavy atom. The highest BCUT2D eigenvalue weighted by Gasteiger charge is 2.18. The first-order valence-corrected chi connectivity index (χ1v) is 12.5. The van der Waals surface area contributed by atoms with Crippen molar-refractivity contribution in [3.63, 3.8) is 0 Å². The summed E-state index contributed by atoms with van der Waals surface area (Å²) in [6.45, 7) is 3.66. The van der Waals surface area contributed by atoms with E-state index in [1.165, 1.54) is 25.3 Å². The standard InChI is InChI=1S/C26H24N4O6S/c1-16-8-10-18(11-9-16)30-25(32)20(24(31)28-26(30)33)15-27-22-13-12-19(14-23(22)36-3)37(34,35)29-21-7-5-4-6-17(21)2/h4-15,29,32H,1-3H3,(H,28,31,33). The summed E-state index contributed by atoms with van der Waals surface area (Å²) in [6, 6.07) is 17.8. The molecule has 3 aromatic carbocycles. The first kappa shape index (κ1) is 25.5. The van der Waals surface area contributed by atoms with Crippen LogP contribution in [-0.2, 0) is 10.0 Å². The van der Waals surface area contributed by atoms with Gasteiger partial charge in [-0.3, -0.25) is 19.5 Å². The lowest BCUT2D eigenvalue weighted by atomic mass is 10.2. The monoisotopic (exact) mass is 520 g/mol. The normalized spacial score (nSPS) is 11.5. The van der Waals surface area contributed by atoms with Crippen LogP contribution in [0.1, 0.15) is 16.7 Å². The molecule has 0 radical (unpaired) electrons. The lowest BCUT2D eigenvalue weighted by Crippen LogP contribution is -2.31. The molecule has 1 aromatic heterocycles. The van der Waals surface area contributed by atoms with E-state index in [-0.39, 0.29) is 21.9 Å². The van der Waals surface area contributed by atoms with E-state index in [9.17, 15) is 23.1 Å². The van der Waals surface area contributed by atoms with Gasteiger partial charge in [-0.05, 0) is 49.7 Å². The van der Waals surface area contributed by atoms with Crippen molar-refractivity contribution >= 4 is 27.6 Å². The number of nitrogens with one attached hydrogen (secondary N) is 2. The number of aromatic amines is 1. The molecular weight excluding hydrogens is 496 g/mol. The van der Waals surface area contributed by atoms with Gasteiger partial charge in [-0.15, -0.1) is 0 Å². The van der Waals surface area contributed by atoms with Crippen LogP contribution >= 0.6 is 0 Å². The fourth-order valence-corrected chi connectivity index (χ4v) is 4.69. The van der Waals surface area contributed by atoms with Crippen LogP contribution in [0, 0.1) is 13.8 Å². The van der Waals surface area contributed by atoms with Gasteiger partial charge < -0.3 is 9.84 Å². The summed E-state index contributed by atoms with van der Waals surface area (Å²) in [7, 11) is -2.58. The Kier molecular flexibility index (Phi) is 6.98. The van der Waals surface area contributed by atoms with Gasteiger partial charge in [0.2, 0.25) is 5.88 Å². The largest absolute Gasteiger partial charge is 0.494 e. The van der Waals surface area contributed by atoms with Crippen molar-refractivity contribution in [1.29, 1.82) is 0 Å². The van der Waals surface area contributed by atoms with Crippen LogP contribution in [0.4, 0.5) is 11.4 Å². The molecule has 0 aliphatic carbocycles. The van der Waals surface area contributed by atoms with E-state index in [1.807, 2.05) is 6.92 Å². The number of ether oxygens (including phenoxy) is 1. The quantitative estimate of drug-likeness (QED) is 0.319. The number of benzene rings is 3. The van der Waals surface area contributed by atoms with Crippen molar-refractivity contribution in [2.24, 2.45) is 4.99 Å². The maximum Gasteiger partial charge on any atom is 0.335 e. The van der Waals surface area contributed by atoms with Crippen LogP contribution < -0.4 is 20.7 Å². The number of aromatic nitrogens is 2. The number of aliphatic imine (C=N–C) groups is 1. The summed E-state index contributed by atoms with van der Waals surface area (Å²) in [5.74, 6) is -0.478. The third-order valence-electron chi connectivity index (χ3n) is 5.60. The SMILES string of the molecule is COc1cc(S(=O)(=O)Nc2ccccc2C)ccc1N=Cc1c(O)n(-c2ccc(C)cc2)c(=O)[nH]c1=O. The summed E-state index contributed by atoms with van der Waals surface area (Å²) in [6.07, 6.45) is 1.08. The number of sulfonamides is 1. The van der Waals surface area contributed by atoms with Gasteiger partial charge in [0, 0.05) is 12.3 Å². The van der Waals surface area contributed by atoms with E-state index in [4.69, 9.17) is 4.74 Å². The van der Waals surface area contributed by atoms with Gasteiger partial charge in [0.1, 0.15) is 17.0 Å². The van der Waals surface area contributed by atoms with Crippen LogP contribution in [0.2, 0.25) is 0 Å². The van der Waals surface area contributed by atoms with Crippen molar-refractivity contribution in [3.8, 4) is 17.3 Å². The maximum atomic E-state index is 12.9. The molecule has 0 atom stereocenters. The summed E-state index contributed by atoms with van der Waals surface area (Å²) >= 11 is 0. The molecule has 0 fully saturated rings. The van der Waals surface area contributed by atoms with Crippen LogP contribution in [0.3, 0.4) is 0 Å². The summed E-state index contributed by atoms with van der Waals surface area (Å²) in [5.41, 5.74) is 0.802. The average Bonchev–Trinajstić information content (AvgIpc) is 2.86. The molecule has 190 valence electrons. The number of aryl methyl sites for hydroxylation is 2. The fraction of sp³-hybridized carbons (Fsp3) is 0.115. The summed E-state index contributed by atoms with van der Waals surface area (Å²) in [4.78, 5) is 31.1. The first-order valence-electron chi connectivity index (χ1n) is 11.1. The molecular formula is C26H24N4O6S.